The van der Waals surface area contributed by atoms with Gasteiger partial charge >= 0.3 is 0 Å². The van der Waals surface area contributed by atoms with Gasteiger partial charge in [-0.05, 0) is 43.5 Å². The molecule has 0 fully saturated rings. The quantitative estimate of drug-likeness (QED) is 0.781. The first kappa shape index (κ1) is 17.6. The van der Waals surface area contributed by atoms with Crippen LogP contribution in [0.3, 0.4) is 0 Å². The van der Waals surface area contributed by atoms with Gasteiger partial charge in [-0.15, -0.1) is 0 Å². The molecule has 0 radical (unpaired) electrons. The molecule has 1 atom stereocenters. The largest absolute Gasteiger partial charge is 0.392 e. The van der Waals surface area contributed by atoms with E-state index in [9.17, 15) is 13.5 Å². The van der Waals surface area contributed by atoms with Gasteiger partial charge in [0.05, 0.1) is 11.5 Å². The van der Waals surface area contributed by atoms with Crippen LogP contribution in [-0.4, -0.2) is 19.6 Å². The minimum Gasteiger partial charge on any atom is -0.392 e. The van der Waals surface area contributed by atoms with E-state index >= 15 is 0 Å². The van der Waals surface area contributed by atoms with Gasteiger partial charge in [0.2, 0.25) is 10.0 Å². The standard InChI is InChI=1S/C14H22BrNO3S/c1-4-5-6-10(2)16-20(18,19)14-8-12(9-17)7-13(15)11(14)3/h7-8,10,16-17H,4-6,9H2,1-3H3. The van der Waals surface area contributed by atoms with Crippen molar-refractivity contribution in [3.63, 3.8) is 0 Å². The minimum atomic E-state index is -3.57. The molecule has 0 aliphatic rings. The van der Waals surface area contributed by atoms with E-state index in [4.69, 9.17) is 0 Å². The Labute approximate surface area is 129 Å². The second kappa shape index (κ2) is 7.54. The van der Waals surface area contributed by atoms with E-state index in [1.54, 1.807) is 13.0 Å². The fourth-order valence-electron chi connectivity index (χ4n) is 1.98. The third-order valence-corrected chi connectivity index (χ3v) is 5.71. The Morgan fingerprint density at radius 1 is 1.40 bits per heavy atom. The molecule has 20 heavy (non-hydrogen) atoms. The molecule has 0 aliphatic carbocycles. The fraction of sp³-hybridized carbons (Fsp3) is 0.571. The average molecular weight is 364 g/mol. The minimum absolute atomic E-state index is 0.101. The van der Waals surface area contributed by atoms with Gasteiger partial charge < -0.3 is 5.11 Å². The van der Waals surface area contributed by atoms with Gasteiger partial charge in [0.25, 0.3) is 0 Å². The number of hydrogen-bond donors (Lipinski definition) is 2. The summed E-state index contributed by atoms with van der Waals surface area (Å²) in [5.74, 6) is 0. The van der Waals surface area contributed by atoms with Gasteiger partial charge in [0.15, 0.2) is 0 Å². The Morgan fingerprint density at radius 3 is 2.60 bits per heavy atom. The number of hydrogen-bond acceptors (Lipinski definition) is 3. The normalized spacial score (nSPS) is 13.4. The van der Waals surface area contributed by atoms with Gasteiger partial charge in [-0.1, -0.05) is 35.7 Å². The van der Waals surface area contributed by atoms with Gasteiger partial charge in [-0.25, -0.2) is 13.1 Å². The van der Waals surface area contributed by atoms with E-state index in [1.165, 1.54) is 6.07 Å². The van der Waals surface area contributed by atoms with Crippen molar-refractivity contribution in [2.75, 3.05) is 0 Å². The Kier molecular flexibility index (Phi) is 6.64. The summed E-state index contributed by atoms with van der Waals surface area (Å²) in [5.41, 5.74) is 1.22. The SMILES string of the molecule is CCCCC(C)NS(=O)(=O)c1cc(CO)cc(Br)c1C. The van der Waals surface area contributed by atoms with E-state index in [-0.39, 0.29) is 17.5 Å². The zero-order valence-electron chi connectivity index (χ0n) is 12.1. The molecule has 1 aromatic carbocycles. The number of aliphatic hydroxyl groups excluding tert-OH is 1. The van der Waals surface area contributed by atoms with Crippen molar-refractivity contribution in [2.45, 2.75) is 57.6 Å². The number of aliphatic hydroxyl groups is 1. The van der Waals surface area contributed by atoms with E-state index in [1.807, 2.05) is 6.92 Å². The first-order valence-corrected chi connectivity index (χ1v) is 9.01. The lowest BCUT2D eigenvalue weighted by molar-refractivity contribution is 0.281. The molecule has 6 heteroatoms. The van der Waals surface area contributed by atoms with Crippen molar-refractivity contribution < 1.29 is 13.5 Å². The lowest BCUT2D eigenvalue weighted by atomic mass is 10.2. The molecular formula is C14H22BrNO3S. The highest BCUT2D eigenvalue weighted by atomic mass is 79.9. The maximum atomic E-state index is 12.4. The molecular weight excluding hydrogens is 342 g/mol. The molecule has 0 aliphatic heterocycles. The van der Waals surface area contributed by atoms with E-state index in [0.717, 1.165) is 19.3 Å². The van der Waals surface area contributed by atoms with E-state index in [0.29, 0.717) is 15.6 Å². The molecule has 0 saturated carbocycles. The number of sulfonamides is 1. The van der Waals surface area contributed by atoms with Crippen LogP contribution in [-0.2, 0) is 16.6 Å². The summed E-state index contributed by atoms with van der Waals surface area (Å²) in [6.45, 7) is 5.50. The first-order valence-electron chi connectivity index (χ1n) is 6.74. The molecule has 0 amide bonds. The summed E-state index contributed by atoms with van der Waals surface area (Å²) >= 11 is 3.34. The highest BCUT2D eigenvalue weighted by molar-refractivity contribution is 9.10. The Bertz CT molecular complexity index is 558. The van der Waals surface area contributed by atoms with Crippen molar-refractivity contribution in [3.8, 4) is 0 Å². The maximum absolute atomic E-state index is 12.4. The molecule has 2 N–H and O–H groups in total. The highest BCUT2D eigenvalue weighted by Gasteiger charge is 2.21. The van der Waals surface area contributed by atoms with Crippen LogP contribution in [0.25, 0.3) is 0 Å². The lowest BCUT2D eigenvalue weighted by Gasteiger charge is -2.16. The second-order valence-electron chi connectivity index (χ2n) is 5.02. The number of unbranched alkanes of at least 4 members (excludes halogenated alkanes) is 1. The van der Waals surface area contributed by atoms with E-state index in [2.05, 4.69) is 27.6 Å². The summed E-state index contributed by atoms with van der Waals surface area (Å²) in [6.07, 6.45) is 2.84. The molecule has 0 heterocycles. The molecule has 4 nitrogen and oxygen atoms in total. The number of nitrogens with one attached hydrogen (secondary N) is 1. The van der Waals surface area contributed by atoms with Gasteiger partial charge in [-0.3, -0.25) is 0 Å². The number of rotatable bonds is 7. The van der Waals surface area contributed by atoms with Crippen molar-refractivity contribution in [2.24, 2.45) is 0 Å². The van der Waals surface area contributed by atoms with Crippen LogP contribution in [0, 0.1) is 6.92 Å². The fourth-order valence-corrected chi connectivity index (χ4v) is 4.21. The Hall–Kier alpha value is -0.430. The summed E-state index contributed by atoms with van der Waals surface area (Å²) < 4.78 is 28.2. The molecule has 114 valence electrons. The maximum Gasteiger partial charge on any atom is 0.241 e. The Morgan fingerprint density at radius 2 is 2.05 bits per heavy atom. The summed E-state index contributed by atoms with van der Waals surface area (Å²) in [7, 11) is -3.57. The van der Waals surface area contributed by atoms with Crippen LogP contribution in [0.4, 0.5) is 0 Å². The number of halogens is 1. The third-order valence-electron chi connectivity index (χ3n) is 3.18. The van der Waals surface area contributed by atoms with Crippen molar-refractivity contribution in [1.29, 1.82) is 0 Å². The lowest BCUT2D eigenvalue weighted by Crippen LogP contribution is -2.33. The summed E-state index contributed by atoms with van der Waals surface area (Å²) in [6, 6.07) is 3.15. The zero-order chi connectivity index (χ0) is 15.3. The van der Waals surface area contributed by atoms with Crippen LogP contribution in [0.1, 0.15) is 44.2 Å². The van der Waals surface area contributed by atoms with Crippen molar-refractivity contribution >= 4 is 26.0 Å². The predicted molar refractivity (Wildman–Crippen MR) is 84.1 cm³/mol. The molecule has 1 unspecified atom stereocenters. The van der Waals surface area contributed by atoms with Crippen LogP contribution >= 0.6 is 15.9 Å². The second-order valence-corrected chi connectivity index (χ2v) is 7.56. The summed E-state index contributed by atoms with van der Waals surface area (Å²) in [5, 5.41) is 9.21. The third kappa shape index (κ3) is 4.55. The monoisotopic (exact) mass is 363 g/mol. The van der Waals surface area contributed by atoms with Crippen LogP contribution in [0.5, 0.6) is 0 Å². The number of benzene rings is 1. The molecule has 0 bridgehead atoms. The smallest absolute Gasteiger partial charge is 0.241 e. The van der Waals surface area contributed by atoms with E-state index < -0.39 is 10.0 Å². The van der Waals surface area contributed by atoms with Crippen LogP contribution in [0.15, 0.2) is 21.5 Å². The van der Waals surface area contributed by atoms with Crippen molar-refractivity contribution in [3.05, 3.63) is 27.7 Å². The highest BCUT2D eigenvalue weighted by Crippen LogP contribution is 2.26. The topological polar surface area (TPSA) is 66.4 Å². The summed E-state index contributed by atoms with van der Waals surface area (Å²) in [4.78, 5) is 0.222. The molecule has 1 rings (SSSR count). The molecule has 0 aromatic heterocycles. The molecule has 0 spiro atoms. The van der Waals surface area contributed by atoms with Gasteiger partial charge in [0, 0.05) is 10.5 Å². The van der Waals surface area contributed by atoms with Crippen LogP contribution in [0.2, 0.25) is 0 Å². The molecule has 0 saturated heterocycles. The first-order chi connectivity index (χ1) is 9.31. The van der Waals surface area contributed by atoms with Gasteiger partial charge in [-0.2, -0.15) is 0 Å². The molecule has 1 aromatic rings. The predicted octanol–water partition coefficient (Wildman–Crippen LogP) is 3.11. The van der Waals surface area contributed by atoms with Crippen LogP contribution < -0.4 is 4.72 Å². The zero-order valence-corrected chi connectivity index (χ0v) is 14.5. The van der Waals surface area contributed by atoms with Crippen molar-refractivity contribution in [1.82, 2.24) is 4.72 Å². The average Bonchev–Trinajstić information content (AvgIpc) is 2.38. The van der Waals surface area contributed by atoms with Gasteiger partial charge in [0.1, 0.15) is 0 Å². The Balaban J connectivity index is 3.06.